The smallest absolute Gasteiger partial charge is 0.231 e. The van der Waals surface area contributed by atoms with Crippen LogP contribution in [0.3, 0.4) is 0 Å². The van der Waals surface area contributed by atoms with Gasteiger partial charge in [-0.1, -0.05) is 37.3 Å². The fraction of sp³-hybridized carbons (Fsp3) is 0.522. The minimum absolute atomic E-state index is 0.0604. The van der Waals surface area contributed by atoms with Crippen LogP contribution >= 0.6 is 11.3 Å². The van der Waals surface area contributed by atoms with E-state index in [9.17, 15) is 9.59 Å². The highest BCUT2D eigenvalue weighted by Gasteiger charge is 2.34. The van der Waals surface area contributed by atoms with Gasteiger partial charge in [0.1, 0.15) is 0 Å². The van der Waals surface area contributed by atoms with Crippen LogP contribution in [0.1, 0.15) is 37.4 Å². The van der Waals surface area contributed by atoms with Gasteiger partial charge in [0.2, 0.25) is 11.8 Å². The number of thiazole rings is 1. The molecule has 3 heterocycles. The maximum Gasteiger partial charge on any atom is 0.231 e. The molecule has 2 aromatic rings. The molecule has 6 nitrogen and oxygen atoms in total. The average molecular weight is 427 g/mol. The number of benzene rings is 1. The molecule has 1 N–H and O–H groups in total. The van der Waals surface area contributed by atoms with E-state index in [1.165, 1.54) is 29.7 Å². The summed E-state index contributed by atoms with van der Waals surface area (Å²) in [5.74, 6) is 0.473. The Labute approximate surface area is 182 Å². The molecule has 1 aromatic heterocycles. The molecule has 0 radical (unpaired) electrons. The summed E-state index contributed by atoms with van der Waals surface area (Å²) < 4.78 is 0. The first-order chi connectivity index (χ1) is 14.6. The summed E-state index contributed by atoms with van der Waals surface area (Å²) in [5, 5.41) is 5.60. The SMILES string of the molecule is CC1CCN(Cc2csc(NC(=O)C3CC(=O)N(CCc4ccccc4)C3)n2)CC1. The van der Waals surface area contributed by atoms with E-state index < -0.39 is 0 Å². The highest BCUT2D eigenvalue weighted by molar-refractivity contribution is 7.13. The Bertz CT molecular complexity index is 861. The lowest BCUT2D eigenvalue weighted by molar-refractivity contribution is -0.128. The Kier molecular flexibility index (Phi) is 6.79. The molecular weight excluding hydrogens is 396 g/mol. The fourth-order valence-corrected chi connectivity index (χ4v) is 4.87. The van der Waals surface area contributed by atoms with Gasteiger partial charge in [-0.3, -0.25) is 14.5 Å². The van der Waals surface area contributed by atoms with Crippen LogP contribution in [-0.4, -0.2) is 52.8 Å². The molecule has 0 aliphatic carbocycles. The minimum atomic E-state index is -0.302. The standard InChI is InChI=1S/C23H30N4O2S/c1-17-7-10-26(11-8-17)15-20-16-30-23(24-20)25-22(29)19-13-21(28)27(14-19)12-9-18-5-3-2-4-6-18/h2-6,16-17,19H,7-15H2,1H3,(H,24,25,29). The summed E-state index contributed by atoms with van der Waals surface area (Å²) in [7, 11) is 0. The van der Waals surface area contributed by atoms with Gasteiger partial charge in [-0.05, 0) is 43.8 Å². The van der Waals surface area contributed by atoms with E-state index in [2.05, 4.69) is 34.3 Å². The molecule has 30 heavy (non-hydrogen) atoms. The quantitative estimate of drug-likeness (QED) is 0.737. The lowest BCUT2D eigenvalue weighted by atomic mass is 9.99. The third-order valence-corrected chi connectivity index (χ3v) is 6.95. The number of carbonyl (C=O) groups excluding carboxylic acids is 2. The van der Waals surface area contributed by atoms with Crippen molar-refractivity contribution in [3.05, 3.63) is 47.0 Å². The van der Waals surface area contributed by atoms with E-state index in [1.807, 2.05) is 28.5 Å². The number of likely N-dealkylation sites (tertiary alicyclic amines) is 2. The highest BCUT2D eigenvalue weighted by atomic mass is 32.1. The van der Waals surface area contributed by atoms with Crippen LogP contribution < -0.4 is 5.32 Å². The molecule has 7 heteroatoms. The molecule has 0 bridgehead atoms. The van der Waals surface area contributed by atoms with Crippen molar-refractivity contribution in [2.75, 3.05) is 31.5 Å². The van der Waals surface area contributed by atoms with Crippen molar-refractivity contribution in [2.45, 2.75) is 39.2 Å². The molecule has 1 aromatic carbocycles. The fourth-order valence-electron chi connectivity index (χ4n) is 4.17. The summed E-state index contributed by atoms with van der Waals surface area (Å²) in [6, 6.07) is 10.1. The summed E-state index contributed by atoms with van der Waals surface area (Å²) >= 11 is 1.47. The average Bonchev–Trinajstić information content (AvgIpc) is 3.35. The number of carbonyl (C=O) groups is 2. The van der Waals surface area contributed by atoms with Gasteiger partial charge in [-0.25, -0.2) is 4.98 Å². The Balaban J connectivity index is 1.25. The van der Waals surface area contributed by atoms with Gasteiger partial charge in [0, 0.05) is 31.4 Å². The Hall–Kier alpha value is -2.25. The maximum absolute atomic E-state index is 12.7. The molecule has 1 unspecified atom stereocenters. The van der Waals surface area contributed by atoms with Crippen LogP contribution in [0.15, 0.2) is 35.7 Å². The van der Waals surface area contributed by atoms with Crippen molar-refractivity contribution >= 4 is 28.3 Å². The Morgan fingerprint density at radius 3 is 2.77 bits per heavy atom. The third-order valence-electron chi connectivity index (χ3n) is 6.14. The van der Waals surface area contributed by atoms with E-state index in [0.29, 0.717) is 18.2 Å². The van der Waals surface area contributed by atoms with Gasteiger partial charge in [0.05, 0.1) is 11.6 Å². The second-order valence-corrected chi connectivity index (χ2v) is 9.43. The number of rotatable bonds is 7. The van der Waals surface area contributed by atoms with Crippen LogP contribution in [0.25, 0.3) is 0 Å². The number of nitrogens with one attached hydrogen (secondary N) is 1. The summed E-state index contributed by atoms with van der Waals surface area (Å²) in [6.07, 6.45) is 3.57. The number of anilines is 1. The van der Waals surface area contributed by atoms with Gasteiger partial charge in [0.25, 0.3) is 0 Å². The topological polar surface area (TPSA) is 65.5 Å². The number of hydrogen-bond acceptors (Lipinski definition) is 5. The highest BCUT2D eigenvalue weighted by Crippen LogP contribution is 2.24. The van der Waals surface area contributed by atoms with Crippen molar-refractivity contribution < 1.29 is 9.59 Å². The number of amides is 2. The molecule has 2 aliphatic heterocycles. The molecule has 2 saturated heterocycles. The van der Waals surface area contributed by atoms with Gasteiger partial charge >= 0.3 is 0 Å². The van der Waals surface area contributed by atoms with Crippen LogP contribution in [0.5, 0.6) is 0 Å². The van der Waals surface area contributed by atoms with Crippen molar-refractivity contribution in [1.82, 2.24) is 14.8 Å². The monoisotopic (exact) mass is 426 g/mol. The first-order valence-corrected chi connectivity index (χ1v) is 11.7. The van der Waals surface area contributed by atoms with Crippen molar-refractivity contribution in [3.63, 3.8) is 0 Å². The van der Waals surface area contributed by atoms with Gasteiger partial charge in [-0.15, -0.1) is 11.3 Å². The summed E-state index contributed by atoms with van der Waals surface area (Å²) in [5.41, 5.74) is 2.22. The van der Waals surface area contributed by atoms with Crippen molar-refractivity contribution in [3.8, 4) is 0 Å². The molecule has 0 spiro atoms. The molecule has 0 saturated carbocycles. The second kappa shape index (κ2) is 9.71. The number of piperidine rings is 1. The van der Waals surface area contributed by atoms with Gasteiger partial charge < -0.3 is 10.2 Å². The summed E-state index contributed by atoms with van der Waals surface area (Å²) in [4.78, 5) is 33.9. The van der Waals surface area contributed by atoms with Crippen LogP contribution in [0.2, 0.25) is 0 Å². The lowest BCUT2D eigenvalue weighted by Gasteiger charge is -2.29. The van der Waals surface area contributed by atoms with E-state index in [1.54, 1.807) is 0 Å². The summed E-state index contributed by atoms with van der Waals surface area (Å²) in [6.45, 7) is 6.52. The zero-order chi connectivity index (χ0) is 20.9. The minimum Gasteiger partial charge on any atom is -0.342 e. The second-order valence-electron chi connectivity index (χ2n) is 8.57. The number of hydrogen-bond donors (Lipinski definition) is 1. The van der Waals surface area contributed by atoms with Crippen LogP contribution in [0, 0.1) is 11.8 Å². The van der Waals surface area contributed by atoms with Gasteiger partial charge in [-0.2, -0.15) is 0 Å². The zero-order valence-corrected chi connectivity index (χ0v) is 18.4. The van der Waals surface area contributed by atoms with E-state index >= 15 is 0 Å². The number of aromatic nitrogens is 1. The van der Waals surface area contributed by atoms with Gasteiger partial charge in [0.15, 0.2) is 5.13 Å². The molecule has 1 atom stereocenters. The molecule has 2 aliphatic rings. The lowest BCUT2D eigenvalue weighted by Crippen LogP contribution is -2.32. The first-order valence-electron chi connectivity index (χ1n) is 10.9. The zero-order valence-electron chi connectivity index (χ0n) is 17.5. The van der Waals surface area contributed by atoms with Crippen molar-refractivity contribution in [1.29, 1.82) is 0 Å². The molecule has 2 fully saturated rings. The largest absolute Gasteiger partial charge is 0.342 e. The predicted molar refractivity (Wildman–Crippen MR) is 119 cm³/mol. The van der Waals surface area contributed by atoms with Crippen LogP contribution in [0.4, 0.5) is 5.13 Å². The Morgan fingerprint density at radius 2 is 2.00 bits per heavy atom. The Morgan fingerprint density at radius 1 is 1.23 bits per heavy atom. The molecule has 4 rings (SSSR count). The molecule has 2 amide bonds. The number of nitrogens with zero attached hydrogens (tertiary/aromatic N) is 3. The molecular formula is C23H30N4O2S. The van der Waals surface area contributed by atoms with E-state index in [4.69, 9.17) is 0 Å². The van der Waals surface area contributed by atoms with Crippen LogP contribution in [-0.2, 0) is 22.6 Å². The maximum atomic E-state index is 12.7. The van der Waals surface area contributed by atoms with Crippen molar-refractivity contribution in [2.24, 2.45) is 11.8 Å². The predicted octanol–water partition coefficient (Wildman–Crippen LogP) is 3.40. The molecule has 160 valence electrons. The van der Waals surface area contributed by atoms with E-state index in [-0.39, 0.29) is 24.2 Å². The third kappa shape index (κ3) is 5.46. The normalized spacial score (nSPS) is 20.6. The first kappa shape index (κ1) is 21.0. The van der Waals surface area contributed by atoms with E-state index in [0.717, 1.165) is 37.7 Å².